The third-order valence-corrected chi connectivity index (χ3v) is 4.96. The Kier molecular flexibility index (Phi) is 5.04. The standard InChI is InChI=1S/C21H19ClN4O2/c1-13-10-20(26-28-13)25-21(27)24-12-16(14-6-2-4-8-18(14)22)17-11-23-19-9-5-3-7-15(17)19/h2-11,16,23H,12H2,1H3,(H2,24,25,26,27). The molecule has 2 amide bonds. The van der Waals surface area contributed by atoms with Crippen LogP contribution in [0.1, 0.15) is 22.8 Å². The van der Waals surface area contributed by atoms with Crippen LogP contribution in [0.25, 0.3) is 10.9 Å². The highest BCUT2D eigenvalue weighted by Gasteiger charge is 2.21. The number of amides is 2. The van der Waals surface area contributed by atoms with Crippen molar-refractivity contribution in [1.82, 2.24) is 15.5 Å². The van der Waals surface area contributed by atoms with Gasteiger partial charge < -0.3 is 14.8 Å². The summed E-state index contributed by atoms with van der Waals surface area (Å²) in [5.74, 6) is 0.883. The van der Waals surface area contributed by atoms with Crippen LogP contribution >= 0.6 is 11.6 Å². The van der Waals surface area contributed by atoms with E-state index in [9.17, 15) is 4.79 Å². The minimum atomic E-state index is -0.356. The molecule has 142 valence electrons. The molecule has 28 heavy (non-hydrogen) atoms. The number of para-hydroxylation sites is 1. The summed E-state index contributed by atoms with van der Waals surface area (Å²) in [7, 11) is 0. The second-order valence-electron chi connectivity index (χ2n) is 6.52. The number of anilines is 1. The molecule has 6 nitrogen and oxygen atoms in total. The molecule has 1 unspecified atom stereocenters. The normalized spacial score (nSPS) is 12.1. The molecule has 4 aromatic rings. The van der Waals surface area contributed by atoms with Gasteiger partial charge in [-0.25, -0.2) is 4.79 Å². The number of carbonyl (C=O) groups excluding carboxylic acids is 1. The van der Waals surface area contributed by atoms with E-state index in [1.54, 1.807) is 13.0 Å². The summed E-state index contributed by atoms with van der Waals surface area (Å²) in [5.41, 5.74) is 3.06. The number of rotatable bonds is 5. The van der Waals surface area contributed by atoms with Crippen molar-refractivity contribution in [3.8, 4) is 0 Å². The maximum Gasteiger partial charge on any atom is 0.320 e. The number of aromatic amines is 1. The highest BCUT2D eigenvalue weighted by Crippen LogP contribution is 2.34. The Morgan fingerprint density at radius 2 is 1.96 bits per heavy atom. The lowest BCUT2D eigenvalue weighted by molar-refractivity contribution is 0.251. The van der Waals surface area contributed by atoms with Gasteiger partial charge in [-0.15, -0.1) is 0 Å². The van der Waals surface area contributed by atoms with Crippen molar-refractivity contribution in [2.45, 2.75) is 12.8 Å². The van der Waals surface area contributed by atoms with E-state index in [1.165, 1.54) is 0 Å². The van der Waals surface area contributed by atoms with E-state index in [4.69, 9.17) is 16.1 Å². The van der Waals surface area contributed by atoms with Gasteiger partial charge in [-0.3, -0.25) is 5.32 Å². The van der Waals surface area contributed by atoms with Crippen molar-refractivity contribution in [2.24, 2.45) is 0 Å². The highest BCUT2D eigenvalue weighted by molar-refractivity contribution is 6.31. The van der Waals surface area contributed by atoms with Crippen molar-refractivity contribution < 1.29 is 9.32 Å². The first-order chi connectivity index (χ1) is 13.6. The Bertz CT molecular complexity index is 1120. The van der Waals surface area contributed by atoms with Gasteiger partial charge in [0.1, 0.15) is 5.76 Å². The molecule has 2 heterocycles. The highest BCUT2D eigenvalue weighted by atomic mass is 35.5. The zero-order valence-electron chi connectivity index (χ0n) is 15.2. The van der Waals surface area contributed by atoms with E-state index in [0.29, 0.717) is 23.1 Å². The van der Waals surface area contributed by atoms with E-state index >= 15 is 0 Å². The number of nitrogens with zero attached hydrogens (tertiary/aromatic N) is 1. The number of hydrogen-bond acceptors (Lipinski definition) is 3. The Morgan fingerprint density at radius 1 is 1.18 bits per heavy atom. The second-order valence-corrected chi connectivity index (χ2v) is 6.93. The summed E-state index contributed by atoms with van der Waals surface area (Å²) in [5, 5.41) is 11.1. The van der Waals surface area contributed by atoms with Gasteiger partial charge in [0.05, 0.1) is 0 Å². The van der Waals surface area contributed by atoms with E-state index in [-0.39, 0.29) is 11.9 Å². The van der Waals surface area contributed by atoms with Crippen molar-refractivity contribution in [3.05, 3.63) is 82.7 Å². The van der Waals surface area contributed by atoms with Crippen LogP contribution in [-0.4, -0.2) is 22.7 Å². The Hall–Kier alpha value is -3.25. The van der Waals surface area contributed by atoms with Gasteiger partial charge >= 0.3 is 6.03 Å². The number of fused-ring (bicyclic) bond motifs is 1. The zero-order chi connectivity index (χ0) is 19.5. The molecule has 2 aromatic carbocycles. The number of H-pyrrole nitrogens is 1. The zero-order valence-corrected chi connectivity index (χ0v) is 16.0. The molecular weight excluding hydrogens is 376 g/mol. The lowest BCUT2D eigenvalue weighted by Gasteiger charge is -2.19. The van der Waals surface area contributed by atoms with Crippen LogP contribution < -0.4 is 10.6 Å². The van der Waals surface area contributed by atoms with Crippen LogP contribution in [0.4, 0.5) is 10.6 Å². The molecule has 3 N–H and O–H groups in total. The van der Waals surface area contributed by atoms with Gasteiger partial charge in [-0.2, -0.15) is 0 Å². The molecule has 0 fully saturated rings. The minimum Gasteiger partial charge on any atom is -0.361 e. The summed E-state index contributed by atoms with van der Waals surface area (Å²) in [4.78, 5) is 15.6. The topological polar surface area (TPSA) is 83.0 Å². The number of nitrogens with one attached hydrogen (secondary N) is 3. The molecule has 0 aliphatic rings. The van der Waals surface area contributed by atoms with Gasteiger partial charge in [0.25, 0.3) is 0 Å². The van der Waals surface area contributed by atoms with Crippen LogP contribution in [0.15, 0.2) is 65.3 Å². The Morgan fingerprint density at radius 3 is 2.75 bits per heavy atom. The monoisotopic (exact) mass is 394 g/mol. The van der Waals surface area contributed by atoms with Crippen LogP contribution in [0.2, 0.25) is 5.02 Å². The number of aromatic nitrogens is 2. The van der Waals surface area contributed by atoms with Crippen LogP contribution in [0.5, 0.6) is 0 Å². The molecule has 7 heteroatoms. The Balaban J connectivity index is 1.60. The van der Waals surface area contributed by atoms with Crippen molar-refractivity contribution >= 4 is 34.4 Å². The number of benzene rings is 2. The Labute approximate surface area is 166 Å². The van der Waals surface area contributed by atoms with Crippen molar-refractivity contribution in [2.75, 3.05) is 11.9 Å². The predicted octanol–water partition coefficient (Wildman–Crippen LogP) is 5.07. The van der Waals surface area contributed by atoms with E-state index in [0.717, 1.165) is 22.0 Å². The maximum absolute atomic E-state index is 12.3. The fraction of sp³-hybridized carbons (Fsp3) is 0.143. The molecule has 0 saturated carbocycles. The van der Waals surface area contributed by atoms with Gasteiger partial charge in [0.2, 0.25) is 0 Å². The second kappa shape index (κ2) is 7.78. The number of urea groups is 1. The molecule has 4 rings (SSSR count). The molecular formula is C21H19ClN4O2. The van der Waals surface area contributed by atoms with Gasteiger partial charge in [0.15, 0.2) is 5.82 Å². The number of aryl methyl sites for hydroxylation is 1. The maximum atomic E-state index is 12.3. The summed E-state index contributed by atoms with van der Waals surface area (Å²) >= 11 is 6.47. The first-order valence-corrected chi connectivity index (χ1v) is 9.28. The number of carbonyl (C=O) groups is 1. The smallest absolute Gasteiger partial charge is 0.320 e. The number of halogens is 1. The summed E-state index contributed by atoms with van der Waals surface area (Å²) in [6, 6.07) is 17.0. The average Bonchev–Trinajstić information content (AvgIpc) is 3.30. The van der Waals surface area contributed by atoms with Crippen molar-refractivity contribution in [3.63, 3.8) is 0 Å². The van der Waals surface area contributed by atoms with Crippen LogP contribution in [0, 0.1) is 6.92 Å². The van der Waals surface area contributed by atoms with E-state index < -0.39 is 0 Å². The predicted molar refractivity (Wildman–Crippen MR) is 110 cm³/mol. The lowest BCUT2D eigenvalue weighted by atomic mass is 9.91. The van der Waals surface area contributed by atoms with Gasteiger partial charge in [-0.1, -0.05) is 53.2 Å². The fourth-order valence-corrected chi connectivity index (χ4v) is 3.58. The largest absolute Gasteiger partial charge is 0.361 e. The van der Waals surface area contributed by atoms with Crippen molar-refractivity contribution in [1.29, 1.82) is 0 Å². The average molecular weight is 395 g/mol. The molecule has 0 bridgehead atoms. The van der Waals surface area contributed by atoms with E-state index in [2.05, 4.69) is 26.8 Å². The molecule has 1 atom stereocenters. The summed E-state index contributed by atoms with van der Waals surface area (Å²) in [6.07, 6.45) is 1.97. The summed E-state index contributed by atoms with van der Waals surface area (Å²) in [6.45, 7) is 2.13. The SMILES string of the molecule is Cc1cc(NC(=O)NCC(c2ccccc2Cl)c2c[nH]c3ccccc23)no1. The molecule has 0 radical (unpaired) electrons. The molecule has 0 saturated heterocycles. The van der Waals surface area contributed by atoms with Crippen LogP contribution in [-0.2, 0) is 0 Å². The lowest BCUT2D eigenvalue weighted by Crippen LogP contribution is -2.32. The molecule has 0 aliphatic heterocycles. The number of hydrogen-bond donors (Lipinski definition) is 3. The first kappa shape index (κ1) is 18.1. The van der Waals surface area contributed by atoms with Gasteiger partial charge in [-0.05, 0) is 30.2 Å². The fourth-order valence-electron chi connectivity index (χ4n) is 3.31. The summed E-state index contributed by atoms with van der Waals surface area (Å²) < 4.78 is 4.97. The molecule has 0 spiro atoms. The molecule has 0 aliphatic carbocycles. The quantitative estimate of drug-likeness (QED) is 0.441. The third kappa shape index (κ3) is 3.73. The van der Waals surface area contributed by atoms with Crippen LogP contribution in [0.3, 0.4) is 0 Å². The first-order valence-electron chi connectivity index (χ1n) is 8.90. The molecule has 2 aromatic heterocycles. The third-order valence-electron chi connectivity index (χ3n) is 4.61. The van der Waals surface area contributed by atoms with E-state index in [1.807, 2.05) is 48.7 Å². The minimum absolute atomic E-state index is 0.116. The van der Waals surface area contributed by atoms with Gasteiger partial charge in [0, 0.05) is 40.7 Å².